The minimum Gasteiger partial charge on any atom is -0.487 e. The van der Waals surface area contributed by atoms with Crippen molar-refractivity contribution in [2.75, 3.05) is 5.32 Å². The molecule has 118 valence electrons. The van der Waals surface area contributed by atoms with Crippen molar-refractivity contribution in [1.82, 2.24) is 0 Å². The van der Waals surface area contributed by atoms with Crippen LogP contribution in [-0.4, -0.2) is 17.3 Å². The van der Waals surface area contributed by atoms with Crippen molar-refractivity contribution in [3.8, 4) is 5.75 Å². The molecule has 0 radical (unpaired) electrons. The van der Waals surface area contributed by atoms with Gasteiger partial charge in [0.1, 0.15) is 11.4 Å². The summed E-state index contributed by atoms with van der Waals surface area (Å²) in [6.45, 7) is 3.76. The van der Waals surface area contributed by atoms with Crippen LogP contribution >= 0.6 is 22.6 Å². The second-order valence-corrected chi connectivity index (χ2v) is 7.27. The molecule has 1 heterocycles. The molecule has 1 amide bonds. The maximum atomic E-state index is 12.4. The monoisotopic (exact) mass is 421 g/mol. The van der Waals surface area contributed by atoms with Crippen LogP contribution in [0.1, 0.15) is 41.0 Å². The highest BCUT2D eigenvalue weighted by Crippen LogP contribution is 2.33. The Hall–Kier alpha value is -1.89. The first-order valence-corrected chi connectivity index (χ1v) is 8.36. The highest BCUT2D eigenvalue weighted by atomic mass is 127. The van der Waals surface area contributed by atoms with Crippen molar-refractivity contribution >= 4 is 40.0 Å². The third-order valence-electron chi connectivity index (χ3n) is 3.64. The van der Waals surface area contributed by atoms with Crippen molar-refractivity contribution < 1.29 is 14.3 Å². The second kappa shape index (κ2) is 5.96. The van der Waals surface area contributed by atoms with Gasteiger partial charge in [0.25, 0.3) is 5.91 Å². The van der Waals surface area contributed by atoms with E-state index in [0.717, 1.165) is 9.26 Å². The van der Waals surface area contributed by atoms with Crippen LogP contribution in [0.15, 0.2) is 42.5 Å². The predicted molar refractivity (Wildman–Crippen MR) is 97.2 cm³/mol. The molecule has 0 bridgehead atoms. The Morgan fingerprint density at radius 2 is 1.96 bits per heavy atom. The molecule has 5 heteroatoms. The maximum Gasteiger partial charge on any atom is 0.255 e. The number of benzene rings is 2. The molecule has 3 rings (SSSR count). The molecule has 0 aliphatic carbocycles. The number of hydrogen-bond acceptors (Lipinski definition) is 3. The summed E-state index contributed by atoms with van der Waals surface area (Å²) < 4.78 is 6.76. The number of ketones is 1. The zero-order valence-corrected chi connectivity index (χ0v) is 15.0. The van der Waals surface area contributed by atoms with Crippen molar-refractivity contribution in [1.29, 1.82) is 0 Å². The maximum absolute atomic E-state index is 12.4. The van der Waals surface area contributed by atoms with Gasteiger partial charge in [-0.2, -0.15) is 0 Å². The number of hydrogen-bond donors (Lipinski definition) is 1. The van der Waals surface area contributed by atoms with E-state index in [4.69, 9.17) is 4.74 Å². The third-order valence-corrected chi connectivity index (χ3v) is 4.58. The van der Waals surface area contributed by atoms with E-state index in [2.05, 4.69) is 27.9 Å². The fraction of sp³-hybridized carbons (Fsp3) is 0.222. The average molecular weight is 421 g/mol. The largest absolute Gasteiger partial charge is 0.487 e. The quantitative estimate of drug-likeness (QED) is 0.737. The molecule has 2 aromatic rings. The van der Waals surface area contributed by atoms with Gasteiger partial charge in [0.15, 0.2) is 5.78 Å². The fourth-order valence-electron chi connectivity index (χ4n) is 2.55. The fourth-order valence-corrected chi connectivity index (χ4v) is 3.07. The second-order valence-electron chi connectivity index (χ2n) is 6.11. The molecule has 0 saturated carbocycles. The summed E-state index contributed by atoms with van der Waals surface area (Å²) in [6, 6.07) is 12.5. The number of carbonyl (C=O) groups is 2. The van der Waals surface area contributed by atoms with Crippen LogP contribution in [0.4, 0.5) is 5.69 Å². The molecule has 1 aliphatic rings. The first kappa shape index (κ1) is 16.0. The Labute approximate surface area is 148 Å². The molecule has 1 N–H and O–H groups in total. The van der Waals surface area contributed by atoms with Crippen LogP contribution in [0.5, 0.6) is 5.75 Å². The summed E-state index contributed by atoms with van der Waals surface area (Å²) in [5, 5.41) is 2.87. The van der Waals surface area contributed by atoms with Gasteiger partial charge in [0.05, 0.1) is 17.7 Å². The molecule has 0 saturated heterocycles. The standard InChI is InChI=1S/C18H16INO3/c1-18(2)10-15(21)12-9-11(7-8-16(12)23-18)17(22)20-14-6-4-3-5-13(14)19/h3-9H,10H2,1-2H3,(H,20,22). The Morgan fingerprint density at radius 1 is 1.22 bits per heavy atom. The molecule has 0 fully saturated rings. The number of halogens is 1. The highest BCUT2D eigenvalue weighted by Gasteiger charge is 2.32. The van der Waals surface area contributed by atoms with E-state index in [1.54, 1.807) is 18.2 Å². The average Bonchev–Trinajstić information content (AvgIpc) is 2.48. The number of rotatable bonds is 2. The molecule has 23 heavy (non-hydrogen) atoms. The minimum atomic E-state index is -0.506. The number of para-hydroxylation sites is 1. The zero-order valence-electron chi connectivity index (χ0n) is 12.9. The molecular formula is C18H16INO3. The Morgan fingerprint density at radius 3 is 2.70 bits per heavy atom. The smallest absolute Gasteiger partial charge is 0.255 e. The number of anilines is 1. The number of carbonyl (C=O) groups excluding carboxylic acids is 2. The van der Waals surface area contributed by atoms with Crippen molar-refractivity contribution in [2.45, 2.75) is 25.9 Å². The minimum absolute atomic E-state index is 0.000177. The van der Waals surface area contributed by atoms with Crippen molar-refractivity contribution in [3.05, 3.63) is 57.2 Å². The van der Waals surface area contributed by atoms with Crippen molar-refractivity contribution in [3.63, 3.8) is 0 Å². The van der Waals surface area contributed by atoms with E-state index < -0.39 is 5.60 Å². The van der Waals surface area contributed by atoms with E-state index in [9.17, 15) is 9.59 Å². The summed E-state index contributed by atoms with van der Waals surface area (Å²) in [4.78, 5) is 24.7. The first-order valence-electron chi connectivity index (χ1n) is 7.28. The van der Waals surface area contributed by atoms with Crippen LogP contribution in [0.2, 0.25) is 0 Å². The SMILES string of the molecule is CC1(C)CC(=O)c2cc(C(=O)Nc3ccccc3I)ccc2O1. The van der Waals surface area contributed by atoms with Crippen LogP contribution in [0, 0.1) is 3.57 Å². The third kappa shape index (κ3) is 3.39. The van der Waals surface area contributed by atoms with Gasteiger partial charge in [0, 0.05) is 9.13 Å². The van der Waals surface area contributed by atoms with E-state index in [1.165, 1.54) is 0 Å². The van der Waals surface area contributed by atoms with Crippen LogP contribution in [0.3, 0.4) is 0 Å². The van der Waals surface area contributed by atoms with E-state index >= 15 is 0 Å². The first-order chi connectivity index (χ1) is 10.9. The van der Waals surface area contributed by atoms with Crippen LogP contribution in [-0.2, 0) is 0 Å². The van der Waals surface area contributed by atoms with Gasteiger partial charge in [-0.3, -0.25) is 9.59 Å². The van der Waals surface area contributed by atoms with E-state index in [-0.39, 0.29) is 11.7 Å². The molecule has 0 spiro atoms. The van der Waals surface area contributed by atoms with Gasteiger partial charge in [-0.05, 0) is 66.8 Å². The van der Waals surface area contributed by atoms with Gasteiger partial charge in [-0.25, -0.2) is 0 Å². The molecule has 0 aromatic heterocycles. The van der Waals surface area contributed by atoms with Gasteiger partial charge < -0.3 is 10.1 Å². The molecule has 0 atom stereocenters. The van der Waals surface area contributed by atoms with Crippen LogP contribution in [0.25, 0.3) is 0 Å². The Balaban J connectivity index is 1.88. The summed E-state index contributed by atoms with van der Waals surface area (Å²) in [5.74, 6) is 0.298. The summed E-state index contributed by atoms with van der Waals surface area (Å²) in [7, 11) is 0. The Kier molecular flexibility index (Phi) is 4.14. The lowest BCUT2D eigenvalue weighted by Gasteiger charge is -2.31. The lowest BCUT2D eigenvalue weighted by molar-refractivity contribution is 0.0620. The van der Waals surface area contributed by atoms with Gasteiger partial charge in [-0.15, -0.1) is 0 Å². The number of nitrogens with one attached hydrogen (secondary N) is 1. The molecule has 4 nitrogen and oxygen atoms in total. The van der Waals surface area contributed by atoms with E-state index in [0.29, 0.717) is 23.3 Å². The lowest BCUT2D eigenvalue weighted by Crippen LogP contribution is -2.36. The Bertz CT molecular complexity index is 799. The van der Waals surface area contributed by atoms with Gasteiger partial charge in [0.2, 0.25) is 0 Å². The normalized spacial score (nSPS) is 15.5. The van der Waals surface area contributed by atoms with Crippen molar-refractivity contribution in [2.24, 2.45) is 0 Å². The predicted octanol–water partition coefficient (Wildman–Crippen LogP) is 4.29. The number of amides is 1. The number of ether oxygens (including phenoxy) is 1. The number of fused-ring (bicyclic) bond motifs is 1. The van der Waals surface area contributed by atoms with Gasteiger partial charge in [-0.1, -0.05) is 12.1 Å². The van der Waals surface area contributed by atoms with E-state index in [1.807, 2.05) is 38.1 Å². The molecule has 1 aliphatic heterocycles. The highest BCUT2D eigenvalue weighted by molar-refractivity contribution is 14.1. The molecular weight excluding hydrogens is 405 g/mol. The topological polar surface area (TPSA) is 55.4 Å². The van der Waals surface area contributed by atoms with Gasteiger partial charge >= 0.3 is 0 Å². The lowest BCUT2D eigenvalue weighted by atomic mass is 9.92. The summed E-state index contributed by atoms with van der Waals surface area (Å²) in [6.07, 6.45) is 0.307. The number of Topliss-reactive ketones (excluding diaryl/α,β-unsaturated/α-hetero) is 1. The zero-order chi connectivity index (χ0) is 16.6. The molecule has 0 unspecified atom stereocenters. The molecule has 2 aromatic carbocycles. The van der Waals surface area contributed by atoms with Crippen LogP contribution < -0.4 is 10.1 Å². The summed E-state index contributed by atoms with van der Waals surface area (Å²) in [5.41, 5.74) is 1.16. The summed E-state index contributed by atoms with van der Waals surface area (Å²) >= 11 is 2.17.